The van der Waals surface area contributed by atoms with Crippen molar-refractivity contribution in [2.75, 3.05) is 44.8 Å². The number of aromatic nitrogens is 3. The number of hydrogen-bond acceptors (Lipinski definition) is 6. The van der Waals surface area contributed by atoms with E-state index in [2.05, 4.69) is 78.1 Å². The summed E-state index contributed by atoms with van der Waals surface area (Å²) in [5, 5.41) is 8.56. The molecule has 6 rings (SSSR count). The van der Waals surface area contributed by atoms with Crippen molar-refractivity contribution >= 4 is 11.6 Å². The lowest BCUT2D eigenvalue weighted by Crippen LogP contribution is -2.53. The summed E-state index contributed by atoms with van der Waals surface area (Å²) >= 11 is 0. The first-order valence-electron chi connectivity index (χ1n) is 14.2. The number of piperazine rings is 1. The summed E-state index contributed by atoms with van der Waals surface area (Å²) in [4.78, 5) is 20.8. The fourth-order valence-corrected chi connectivity index (χ4v) is 6.56. The minimum atomic E-state index is 0.0807. The molecule has 3 aliphatic heterocycles. The quantitative estimate of drug-likeness (QED) is 0.464. The minimum absolute atomic E-state index is 0.0807. The highest BCUT2D eigenvalue weighted by molar-refractivity contribution is 6.10. The number of likely N-dealkylation sites (N-methyl/N-ethyl adjacent to an activating group) is 1. The van der Waals surface area contributed by atoms with E-state index >= 15 is 0 Å². The molecule has 2 saturated heterocycles. The van der Waals surface area contributed by atoms with E-state index < -0.39 is 0 Å². The Kier molecular flexibility index (Phi) is 7.04. The fraction of sp³-hybridized carbons (Fsp3) is 0.516. The van der Waals surface area contributed by atoms with Gasteiger partial charge in [-0.3, -0.25) is 9.69 Å². The van der Waals surface area contributed by atoms with Gasteiger partial charge in [0.2, 0.25) is 0 Å². The van der Waals surface area contributed by atoms with Gasteiger partial charge < -0.3 is 19.1 Å². The molecule has 1 aromatic heterocycles. The number of rotatable bonds is 7. The maximum atomic E-state index is 13.8. The molecular weight excluding hydrogens is 488 g/mol. The van der Waals surface area contributed by atoms with E-state index in [-0.39, 0.29) is 11.8 Å². The predicted molar refractivity (Wildman–Crippen MR) is 152 cm³/mol. The molecule has 2 aromatic carbocycles. The SMILES string of the molecule is Cc1cc(CN2CCN(C)C[C@@H]2C(C)C)cc2c1CN(c1cccc([C@H](c3nncn3C)C3COC3)c1)C2=O. The largest absolute Gasteiger partial charge is 0.381 e. The zero-order valence-electron chi connectivity index (χ0n) is 23.8. The summed E-state index contributed by atoms with van der Waals surface area (Å²) in [5.41, 5.74) is 6.51. The molecule has 2 fully saturated rings. The predicted octanol–water partition coefficient (Wildman–Crippen LogP) is 3.83. The van der Waals surface area contributed by atoms with Crippen LogP contribution in [0.15, 0.2) is 42.7 Å². The zero-order valence-corrected chi connectivity index (χ0v) is 23.8. The summed E-state index contributed by atoms with van der Waals surface area (Å²) in [6.45, 7) is 12.9. The van der Waals surface area contributed by atoms with Crippen LogP contribution in [-0.4, -0.2) is 76.4 Å². The van der Waals surface area contributed by atoms with Crippen LogP contribution in [0.25, 0.3) is 0 Å². The Labute approximate surface area is 231 Å². The molecule has 3 aliphatic rings. The van der Waals surface area contributed by atoms with Gasteiger partial charge in [-0.2, -0.15) is 0 Å². The lowest BCUT2D eigenvalue weighted by atomic mass is 9.83. The number of carbonyl (C=O) groups is 1. The molecule has 1 amide bonds. The van der Waals surface area contributed by atoms with Crippen molar-refractivity contribution in [1.82, 2.24) is 24.6 Å². The summed E-state index contributed by atoms with van der Waals surface area (Å²) in [5.74, 6) is 2.04. The normalized spacial score (nSPS) is 21.4. The Bertz CT molecular complexity index is 1360. The Morgan fingerprint density at radius 1 is 1.10 bits per heavy atom. The van der Waals surface area contributed by atoms with Crippen LogP contribution in [0.3, 0.4) is 0 Å². The molecule has 8 nitrogen and oxygen atoms in total. The van der Waals surface area contributed by atoms with Crippen molar-refractivity contribution in [1.29, 1.82) is 0 Å². The lowest BCUT2D eigenvalue weighted by molar-refractivity contribution is -0.0407. The van der Waals surface area contributed by atoms with Crippen LogP contribution in [0, 0.1) is 18.8 Å². The number of ether oxygens (including phenoxy) is 1. The summed E-state index contributed by atoms with van der Waals surface area (Å²) < 4.78 is 7.53. The summed E-state index contributed by atoms with van der Waals surface area (Å²) in [7, 11) is 4.20. The number of fused-ring (bicyclic) bond motifs is 1. The standard InChI is InChI=1S/C31H40N6O2/c1-20(2)28-16-34(4)9-10-36(28)14-22-11-21(3)27-15-37(31(38)26(27)12-22)25-8-6-7-23(13-25)29(24-17-39-18-24)30-33-32-19-35(30)5/h6-8,11-13,19-20,24,28-29H,9-10,14-18H2,1-5H3/t28-,29+/m1/s1. The average Bonchev–Trinajstić information content (AvgIpc) is 3.45. The average molecular weight is 529 g/mol. The number of anilines is 1. The topological polar surface area (TPSA) is 66.7 Å². The van der Waals surface area contributed by atoms with Gasteiger partial charge in [0.25, 0.3) is 5.91 Å². The Morgan fingerprint density at radius 3 is 2.62 bits per heavy atom. The van der Waals surface area contributed by atoms with Crippen LogP contribution < -0.4 is 4.90 Å². The molecule has 0 bridgehead atoms. The first-order chi connectivity index (χ1) is 18.8. The number of hydrogen-bond donors (Lipinski definition) is 0. The van der Waals surface area contributed by atoms with Gasteiger partial charge in [-0.15, -0.1) is 10.2 Å². The van der Waals surface area contributed by atoms with Crippen molar-refractivity contribution in [2.45, 2.75) is 45.8 Å². The van der Waals surface area contributed by atoms with Gasteiger partial charge in [0, 0.05) is 56.4 Å². The van der Waals surface area contributed by atoms with E-state index in [1.165, 1.54) is 11.1 Å². The second kappa shape index (κ2) is 10.5. The van der Waals surface area contributed by atoms with Crippen LogP contribution in [0.2, 0.25) is 0 Å². The first kappa shape index (κ1) is 26.2. The van der Waals surface area contributed by atoms with Crippen LogP contribution >= 0.6 is 0 Å². The van der Waals surface area contributed by atoms with Gasteiger partial charge in [0.15, 0.2) is 0 Å². The van der Waals surface area contributed by atoms with Gasteiger partial charge >= 0.3 is 0 Å². The van der Waals surface area contributed by atoms with Crippen molar-refractivity contribution < 1.29 is 9.53 Å². The van der Waals surface area contributed by atoms with Crippen molar-refractivity contribution in [2.24, 2.45) is 18.9 Å². The maximum absolute atomic E-state index is 13.8. The summed E-state index contributed by atoms with van der Waals surface area (Å²) in [6, 6.07) is 13.4. The third-order valence-corrected chi connectivity index (χ3v) is 8.92. The molecule has 206 valence electrons. The lowest BCUT2D eigenvalue weighted by Gasteiger charge is -2.42. The fourth-order valence-electron chi connectivity index (χ4n) is 6.56. The van der Waals surface area contributed by atoms with E-state index in [0.717, 1.165) is 54.4 Å². The third kappa shape index (κ3) is 4.90. The van der Waals surface area contributed by atoms with E-state index in [1.54, 1.807) is 6.33 Å². The van der Waals surface area contributed by atoms with E-state index in [9.17, 15) is 4.79 Å². The van der Waals surface area contributed by atoms with Gasteiger partial charge in [-0.05, 0) is 60.3 Å². The van der Waals surface area contributed by atoms with Crippen LogP contribution in [-0.2, 0) is 24.9 Å². The Hall–Kier alpha value is -3.07. The smallest absolute Gasteiger partial charge is 0.258 e. The Morgan fingerprint density at radius 2 is 1.92 bits per heavy atom. The number of aryl methyl sites for hydroxylation is 2. The summed E-state index contributed by atoms with van der Waals surface area (Å²) in [6.07, 6.45) is 1.75. The minimum Gasteiger partial charge on any atom is -0.381 e. The monoisotopic (exact) mass is 528 g/mol. The first-order valence-corrected chi connectivity index (χ1v) is 14.2. The number of carbonyl (C=O) groups excluding carboxylic acids is 1. The molecule has 4 heterocycles. The molecule has 39 heavy (non-hydrogen) atoms. The number of nitrogens with zero attached hydrogens (tertiary/aromatic N) is 6. The van der Waals surface area contributed by atoms with Crippen LogP contribution in [0.1, 0.15) is 58.2 Å². The Balaban J connectivity index is 1.26. The molecule has 0 radical (unpaired) electrons. The second-order valence-corrected chi connectivity index (χ2v) is 12.0. The molecule has 0 saturated carbocycles. The number of benzene rings is 2. The molecule has 0 N–H and O–H groups in total. The molecule has 0 spiro atoms. The highest BCUT2D eigenvalue weighted by atomic mass is 16.5. The molecular formula is C31H40N6O2. The molecule has 8 heteroatoms. The highest BCUT2D eigenvalue weighted by Gasteiger charge is 2.36. The van der Waals surface area contributed by atoms with Crippen LogP contribution in [0.4, 0.5) is 5.69 Å². The molecule has 2 atom stereocenters. The van der Waals surface area contributed by atoms with Crippen molar-refractivity contribution in [3.05, 3.63) is 76.4 Å². The van der Waals surface area contributed by atoms with Crippen molar-refractivity contribution in [3.63, 3.8) is 0 Å². The molecule has 0 aliphatic carbocycles. The van der Waals surface area contributed by atoms with Gasteiger partial charge in [-0.25, -0.2) is 0 Å². The van der Waals surface area contributed by atoms with Crippen LogP contribution in [0.5, 0.6) is 0 Å². The third-order valence-electron chi connectivity index (χ3n) is 8.92. The van der Waals surface area contributed by atoms with Gasteiger partial charge in [0.1, 0.15) is 12.2 Å². The molecule has 3 aromatic rings. The maximum Gasteiger partial charge on any atom is 0.258 e. The van der Waals surface area contributed by atoms with E-state index in [1.807, 2.05) is 22.6 Å². The number of amides is 1. The van der Waals surface area contributed by atoms with Crippen molar-refractivity contribution in [3.8, 4) is 0 Å². The highest BCUT2D eigenvalue weighted by Crippen LogP contribution is 2.38. The van der Waals surface area contributed by atoms with Gasteiger partial charge in [0.05, 0.1) is 25.7 Å². The zero-order chi connectivity index (χ0) is 27.3. The van der Waals surface area contributed by atoms with E-state index in [0.29, 0.717) is 37.6 Å². The second-order valence-electron chi connectivity index (χ2n) is 12.0. The van der Waals surface area contributed by atoms with E-state index in [4.69, 9.17) is 4.74 Å². The molecule has 0 unspecified atom stereocenters. The van der Waals surface area contributed by atoms with Gasteiger partial charge in [-0.1, -0.05) is 32.0 Å².